The first kappa shape index (κ1) is 16.7. The number of hydrogen-bond acceptors (Lipinski definition) is 5. The maximum absolute atomic E-state index is 12.5. The van der Waals surface area contributed by atoms with E-state index in [2.05, 4.69) is 0 Å². The first-order valence-corrected chi connectivity index (χ1v) is 9.42. The summed E-state index contributed by atoms with van der Waals surface area (Å²) in [7, 11) is -7.75. The number of rotatable bonds is 3. The zero-order valence-electron chi connectivity index (χ0n) is 11.2. The molecule has 2 N–H and O–H groups in total. The van der Waals surface area contributed by atoms with Gasteiger partial charge in [0.05, 0.1) is 23.1 Å². The maximum atomic E-state index is 12.5. The van der Waals surface area contributed by atoms with E-state index < -0.39 is 20.0 Å². The molecule has 1 atom stereocenters. The number of primary sulfonamides is 1. The number of morpholine rings is 1. The molecule has 1 aromatic rings. The summed E-state index contributed by atoms with van der Waals surface area (Å²) >= 11 is 5.83. The van der Waals surface area contributed by atoms with Crippen LogP contribution in [0, 0.1) is 0 Å². The van der Waals surface area contributed by atoms with Crippen LogP contribution in [-0.2, 0) is 24.8 Å². The minimum atomic E-state index is -3.99. The molecule has 7 nitrogen and oxygen atoms in total. The molecule has 1 aliphatic rings. The van der Waals surface area contributed by atoms with E-state index in [1.54, 1.807) is 6.92 Å². The van der Waals surface area contributed by atoms with Crippen LogP contribution >= 0.6 is 11.6 Å². The molecule has 118 valence electrons. The second kappa shape index (κ2) is 5.82. The van der Waals surface area contributed by atoms with E-state index in [9.17, 15) is 16.8 Å². The van der Waals surface area contributed by atoms with Crippen LogP contribution in [-0.4, -0.2) is 46.9 Å². The number of halogens is 1. The third-order valence-corrected chi connectivity index (χ3v) is 6.53. The fourth-order valence-corrected chi connectivity index (χ4v) is 4.86. The lowest BCUT2D eigenvalue weighted by Crippen LogP contribution is -2.46. The smallest absolute Gasteiger partial charge is 0.243 e. The Labute approximate surface area is 128 Å². The van der Waals surface area contributed by atoms with E-state index in [1.807, 2.05) is 0 Å². The average molecular weight is 355 g/mol. The lowest BCUT2D eigenvalue weighted by Gasteiger charge is -2.32. The van der Waals surface area contributed by atoms with Crippen LogP contribution in [0.5, 0.6) is 0 Å². The monoisotopic (exact) mass is 354 g/mol. The zero-order valence-corrected chi connectivity index (χ0v) is 13.6. The minimum absolute atomic E-state index is 0.0753. The quantitative estimate of drug-likeness (QED) is 0.845. The number of hydrogen-bond donors (Lipinski definition) is 1. The van der Waals surface area contributed by atoms with Crippen molar-refractivity contribution < 1.29 is 21.6 Å². The molecule has 0 radical (unpaired) electrons. The van der Waals surface area contributed by atoms with Crippen molar-refractivity contribution in [1.82, 2.24) is 4.31 Å². The Hall–Kier alpha value is -0.710. The molecule has 1 aromatic carbocycles. The van der Waals surface area contributed by atoms with Gasteiger partial charge < -0.3 is 4.74 Å². The van der Waals surface area contributed by atoms with Gasteiger partial charge in [0.1, 0.15) is 4.90 Å². The van der Waals surface area contributed by atoms with Crippen molar-refractivity contribution in [3.05, 3.63) is 23.2 Å². The third-order valence-electron chi connectivity index (χ3n) is 3.12. The molecule has 1 unspecified atom stereocenters. The van der Waals surface area contributed by atoms with E-state index in [0.29, 0.717) is 13.2 Å². The van der Waals surface area contributed by atoms with Crippen LogP contribution in [0.2, 0.25) is 5.02 Å². The normalized spacial score (nSPS) is 21.4. The molecule has 0 bridgehead atoms. The van der Waals surface area contributed by atoms with Gasteiger partial charge in [0.15, 0.2) is 0 Å². The summed E-state index contributed by atoms with van der Waals surface area (Å²) in [5.74, 6) is 0. The molecule has 0 aromatic heterocycles. The summed E-state index contributed by atoms with van der Waals surface area (Å²) in [4.78, 5) is -0.383. The van der Waals surface area contributed by atoms with Crippen molar-refractivity contribution in [2.75, 3.05) is 19.8 Å². The number of benzene rings is 1. The molecule has 1 fully saturated rings. The van der Waals surface area contributed by atoms with Crippen molar-refractivity contribution in [2.45, 2.75) is 22.8 Å². The molecule has 0 amide bonds. The summed E-state index contributed by atoms with van der Waals surface area (Å²) in [5, 5.41) is 4.77. The van der Waals surface area contributed by atoms with Crippen LogP contribution in [0.4, 0.5) is 0 Å². The topological polar surface area (TPSA) is 107 Å². The Kier molecular flexibility index (Phi) is 4.62. The Morgan fingerprint density at radius 2 is 2.00 bits per heavy atom. The van der Waals surface area contributed by atoms with Gasteiger partial charge in [-0.05, 0) is 25.1 Å². The Bertz CT molecular complexity index is 748. The minimum Gasteiger partial charge on any atom is -0.378 e. The molecule has 0 aliphatic carbocycles. The summed E-state index contributed by atoms with van der Waals surface area (Å²) < 4.78 is 54.2. The molecular weight excluding hydrogens is 340 g/mol. The molecule has 1 heterocycles. The van der Waals surface area contributed by atoms with Crippen molar-refractivity contribution in [2.24, 2.45) is 5.14 Å². The highest BCUT2D eigenvalue weighted by molar-refractivity contribution is 7.89. The van der Waals surface area contributed by atoms with E-state index in [0.717, 1.165) is 12.1 Å². The standard InChI is InChI=1S/C11H15ClN2O5S2/c1-8-7-19-5-4-14(8)21(17,18)9-2-3-11(10(12)6-9)20(13,15)16/h2-3,6,8H,4-5,7H2,1H3,(H2,13,15,16). The molecule has 0 saturated carbocycles. The largest absolute Gasteiger partial charge is 0.378 e. The van der Waals surface area contributed by atoms with E-state index >= 15 is 0 Å². The highest BCUT2D eigenvalue weighted by Crippen LogP contribution is 2.27. The summed E-state index contributed by atoms with van der Waals surface area (Å²) in [6, 6.07) is 3.07. The van der Waals surface area contributed by atoms with Gasteiger partial charge in [-0.3, -0.25) is 0 Å². The summed E-state index contributed by atoms with van der Waals surface area (Å²) in [5.41, 5.74) is 0. The van der Waals surface area contributed by atoms with Crippen LogP contribution in [0.25, 0.3) is 0 Å². The molecule has 0 spiro atoms. The number of nitrogens with two attached hydrogens (primary N) is 1. The SMILES string of the molecule is CC1COCCN1S(=O)(=O)c1ccc(S(N)(=O)=O)c(Cl)c1. The van der Waals surface area contributed by atoms with Gasteiger partial charge in [-0.2, -0.15) is 4.31 Å². The zero-order chi connectivity index (χ0) is 15.8. The van der Waals surface area contributed by atoms with Gasteiger partial charge in [-0.1, -0.05) is 11.6 Å². The van der Waals surface area contributed by atoms with E-state index in [-0.39, 0.29) is 27.4 Å². The van der Waals surface area contributed by atoms with Crippen LogP contribution < -0.4 is 5.14 Å². The Balaban J connectivity index is 2.44. The number of ether oxygens (including phenoxy) is 1. The number of nitrogens with zero attached hydrogens (tertiary/aromatic N) is 1. The van der Waals surface area contributed by atoms with Gasteiger partial charge in [-0.15, -0.1) is 0 Å². The Morgan fingerprint density at radius 1 is 1.33 bits per heavy atom. The highest BCUT2D eigenvalue weighted by atomic mass is 35.5. The summed E-state index contributed by atoms with van der Waals surface area (Å²) in [6.45, 7) is 2.59. The predicted molar refractivity (Wildman–Crippen MR) is 77.0 cm³/mol. The molecular formula is C11H15ClN2O5S2. The van der Waals surface area contributed by atoms with Gasteiger partial charge >= 0.3 is 0 Å². The van der Waals surface area contributed by atoms with Crippen molar-refractivity contribution in [3.8, 4) is 0 Å². The maximum Gasteiger partial charge on any atom is 0.243 e. The molecule has 1 aliphatic heterocycles. The number of sulfonamides is 2. The fraction of sp³-hybridized carbons (Fsp3) is 0.455. The second-order valence-corrected chi connectivity index (χ2v) is 8.50. The fourth-order valence-electron chi connectivity index (χ4n) is 2.08. The Morgan fingerprint density at radius 3 is 2.52 bits per heavy atom. The first-order chi connectivity index (χ1) is 9.64. The molecule has 21 heavy (non-hydrogen) atoms. The second-order valence-electron chi connectivity index (χ2n) is 4.68. The van der Waals surface area contributed by atoms with Crippen molar-refractivity contribution in [1.29, 1.82) is 0 Å². The predicted octanol–water partition coefficient (Wildman–Crippen LogP) is 0.397. The lowest BCUT2D eigenvalue weighted by molar-refractivity contribution is 0.0393. The van der Waals surface area contributed by atoms with Crippen LogP contribution in [0.1, 0.15) is 6.92 Å². The molecule has 1 saturated heterocycles. The highest BCUT2D eigenvalue weighted by Gasteiger charge is 2.32. The van der Waals surface area contributed by atoms with Gasteiger partial charge in [-0.25, -0.2) is 22.0 Å². The van der Waals surface area contributed by atoms with Gasteiger partial charge in [0.25, 0.3) is 0 Å². The van der Waals surface area contributed by atoms with Crippen LogP contribution in [0.15, 0.2) is 28.0 Å². The van der Waals surface area contributed by atoms with Crippen molar-refractivity contribution >= 4 is 31.6 Å². The van der Waals surface area contributed by atoms with Crippen molar-refractivity contribution in [3.63, 3.8) is 0 Å². The lowest BCUT2D eigenvalue weighted by atomic mass is 10.3. The van der Waals surface area contributed by atoms with E-state index in [4.69, 9.17) is 21.5 Å². The third kappa shape index (κ3) is 3.38. The van der Waals surface area contributed by atoms with Crippen LogP contribution in [0.3, 0.4) is 0 Å². The molecule has 10 heteroatoms. The van der Waals surface area contributed by atoms with Gasteiger partial charge in [0.2, 0.25) is 20.0 Å². The molecule has 2 rings (SSSR count). The van der Waals surface area contributed by atoms with E-state index in [1.165, 1.54) is 10.4 Å². The average Bonchev–Trinajstić information content (AvgIpc) is 2.37. The van der Waals surface area contributed by atoms with Gasteiger partial charge in [0, 0.05) is 12.6 Å². The first-order valence-electron chi connectivity index (χ1n) is 6.06. The summed E-state index contributed by atoms with van der Waals surface area (Å²) in [6.07, 6.45) is 0.